The average molecular weight is 519 g/mol. The van der Waals surface area contributed by atoms with Crippen LogP contribution in [-0.2, 0) is 19.5 Å². The molecular weight excluding hydrogens is 481 g/mol. The molecule has 3 heterocycles. The van der Waals surface area contributed by atoms with E-state index in [0.717, 1.165) is 69.7 Å². The first-order valence-electron chi connectivity index (χ1n) is 11.1. The van der Waals surface area contributed by atoms with Gasteiger partial charge in [-0.05, 0) is 45.1 Å². The number of piperidine rings is 1. The number of nitrogens with one attached hydrogen (secondary N) is 2. The normalized spacial score (nSPS) is 20.1. The largest absolute Gasteiger partial charge is 0.356 e. The van der Waals surface area contributed by atoms with Crippen molar-refractivity contribution in [1.82, 2.24) is 29.9 Å². The van der Waals surface area contributed by atoms with Gasteiger partial charge in [0, 0.05) is 52.2 Å². The minimum Gasteiger partial charge on any atom is -0.356 e. The van der Waals surface area contributed by atoms with Gasteiger partial charge in [0.2, 0.25) is 0 Å². The zero-order chi connectivity index (χ0) is 19.8. The molecule has 0 radical (unpaired) electrons. The summed E-state index contributed by atoms with van der Waals surface area (Å²) in [5, 5.41) is 11.3. The molecule has 1 aromatic rings. The maximum absolute atomic E-state index is 12.3. The first-order valence-corrected chi connectivity index (χ1v) is 11.1. The number of guanidine groups is 1. The summed E-state index contributed by atoms with van der Waals surface area (Å²) < 4.78 is 3.46. The zero-order valence-corrected chi connectivity index (χ0v) is 20.4. The van der Waals surface area contributed by atoms with Crippen molar-refractivity contribution in [2.45, 2.75) is 77.4 Å². The number of hydrogen-bond acceptors (Lipinski definition) is 4. The first kappa shape index (κ1) is 24.2. The topological polar surface area (TPSA) is 79.5 Å². The fraction of sp³-hybridized carbons (Fsp3) is 0.850. The number of halogens is 1. The van der Waals surface area contributed by atoms with E-state index >= 15 is 0 Å². The van der Waals surface area contributed by atoms with E-state index in [0.29, 0.717) is 6.54 Å². The summed E-state index contributed by atoms with van der Waals surface area (Å²) in [6.45, 7) is 7.72. The Bertz CT molecular complexity index is 699. The fourth-order valence-corrected chi connectivity index (χ4v) is 4.39. The molecule has 0 saturated carbocycles. The molecule has 2 aliphatic rings. The Kier molecular flexibility index (Phi) is 10.5. The Morgan fingerprint density at radius 1 is 1.14 bits per heavy atom. The monoisotopic (exact) mass is 519 g/mol. The third-order valence-corrected chi connectivity index (χ3v) is 6.01. The summed E-state index contributed by atoms with van der Waals surface area (Å²) in [7, 11) is 1.80. The zero-order valence-electron chi connectivity index (χ0n) is 18.0. The molecule has 1 atom stereocenters. The van der Waals surface area contributed by atoms with E-state index in [1.54, 1.807) is 11.7 Å². The van der Waals surface area contributed by atoms with Crippen molar-refractivity contribution in [2.24, 2.45) is 4.99 Å². The molecule has 0 amide bonds. The minimum absolute atomic E-state index is 0. The molecule has 1 saturated heterocycles. The molecule has 1 aromatic heterocycles. The lowest BCUT2D eigenvalue weighted by Gasteiger charge is -2.35. The van der Waals surface area contributed by atoms with E-state index in [-0.39, 0.29) is 29.7 Å². The molecule has 0 aliphatic carbocycles. The van der Waals surface area contributed by atoms with Crippen LogP contribution in [0.1, 0.15) is 57.7 Å². The molecule has 0 aromatic carbocycles. The van der Waals surface area contributed by atoms with Gasteiger partial charge in [-0.25, -0.2) is 9.48 Å². The summed E-state index contributed by atoms with van der Waals surface area (Å²) in [6.07, 6.45) is 9.25. The number of nitrogens with zero attached hydrogens (tertiary/aromatic N) is 5. The summed E-state index contributed by atoms with van der Waals surface area (Å²) in [4.78, 5) is 19.3. The van der Waals surface area contributed by atoms with E-state index in [9.17, 15) is 4.79 Å². The molecule has 0 spiro atoms. The number of aryl methyl sites for hydroxylation is 2. The second-order valence-corrected chi connectivity index (χ2v) is 7.90. The highest BCUT2D eigenvalue weighted by Crippen LogP contribution is 2.18. The highest BCUT2D eigenvalue weighted by molar-refractivity contribution is 14.0. The molecule has 2 N–H and O–H groups in total. The van der Waals surface area contributed by atoms with Crippen molar-refractivity contribution < 1.29 is 0 Å². The van der Waals surface area contributed by atoms with Crippen molar-refractivity contribution in [3.8, 4) is 0 Å². The maximum Gasteiger partial charge on any atom is 0.345 e. The van der Waals surface area contributed by atoms with Crippen LogP contribution in [-0.4, -0.2) is 64.5 Å². The average Bonchev–Trinajstić information content (AvgIpc) is 3.06. The summed E-state index contributed by atoms with van der Waals surface area (Å²) in [5.41, 5.74) is 0.0456. The second kappa shape index (κ2) is 12.6. The van der Waals surface area contributed by atoms with Crippen LogP contribution in [0, 0.1) is 0 Å². The van der Waals surface area contributed by atoms with Gasteiger partial charge in [0.15, 0.2) is 5.96 Å². The third kappa shape index (κ3) is 6.70. The number of hydrogen-bond donors (Lipinski definition) is 2. The van der Waals surface area contributed by atoms with Gasteiger partial charge < -0.3 is 10.6 Å². The highest BCUT2D eigenvalue weighted by Gasteiger charge is 2.20. The lowest BCUT2D eigenvalue weighted by atomic mass is 10.0. The highest BCUT2D eigenvalue weighted by atomic mass is 127. The number of aromatic nitrogens is 3. The van der Waals surface area contributed by atoms with Gasteiger partial charge in [-0.2, -0.15) is 5.10 Å². The standard InChI is InChI=1S/C20H37N7O.HI/c1-3-17-9-4-6-13-25(17)16-12-23-19(21-2)22-11-8-15-27-20(28)26-14-7-5-10-18(26)24-27;/h17H,3-16H2,1-2H3,(H2,21,22,23);1H. The molecule has 1 fully saturated rings. The molecule has 8 nitrogen and oxygen atoms in total. The first-order chi connectivity index (χ1) is 13.7. The van der Waals surface area contributed by atoms with Crippen molar-refractivity contribution >= 4 is 29.9 Å². The quantitative estimate of drug-likeness (QED) is 0.237. The van der Waals surface area contributed by atoms with Gasteiger partial charge in [-0.15, -0.1) is 24.0 Å². The molecule has 166 valence electrons. The molecule has 9 heteroatoms. The van der Waals surface area contributed by atoms with Crippen LogP contribution in [0.3, 0.4) is 0 Å². The van der Waals surface area contributed by atoms with Gasteiger partial charge in [0.1, 0.15) is 5.82 Å². The van der Waals surface area contributed by atoms with Crippen LogP contribution in [0.5, 0.6) is 0 Å². The van der Waals surface area contributed by atoms with Gasteiger partial charge in [-0.3, -0.25) is 14.5 Å². The smallest absolute Gasteiger partial charge is 0.345 e. The third-order valence-electron chi connectivity index (χ3n) is 6.01. The number of fused-ring (bicyclic) bond motifs is 1. The van der Waals surface area contributed by atoms with Gasteiger partial charge in [-0.1, -0.05) is 13.3 Å². The van der Waals surface area contributed by atoms with Crippen molar-refractivity contribution in [3.63, 3.8) is 0 Å². The Hall–Kier alpha value is -1.10. The van der Waals surface area contributed by atoms with Crippen LogP contribution in [0.4, 0.5) is 0 Å². The van der Waals surface area contributed by atoms with Crippen LogP contribution >= 0.6 is 24.0 Å². The lowest BCUT2D eigenvalue weighted by molar-refractivity contribution is 0.147. The summed E-state index contributed by atoms with van der Waals surface area (Å²) in [6, 6.07) is 0.740. The summed E-state index contributed by atoms with van der Waals surface area (Å²) in [5.74, 6) is 1.78. The molecular formula is C20H38IN7O. The van der Waals surface area contributed by atoms with E-state index in [4.69, 9.17) is 0 Å². The second-order valence-electron chi connectivity index (χ2n) is 7.90. The Balaban J connectivity index is 0.00000300. The van der Waals surface area contributed by atoms with Crippen molar-refractivity contribution in [2.75, 3.05) is 33.2 Å². The Morgan fingerprint density at radius 3 is 2.69 bits per heavy atom. The van der Waals surface area contributed by atoms with Crippen molar-refractivity contribution in [1.29, 1.82) is 0 Å². The lowest BCUT2D eigenvalue weighted by Crippen LogP contribution is -2.46. The van der Waals surface area contributed by atoms with E-state index < -0.39 is 0 Å². The Morgan fingerprint density at radius 2 is 1.93 bits per heavy atom. The van der Waals surface area contributed by atoms with Gasteiger partial charge in [0.05, 0.1) is 0 Å². The maximum atomic E-state index is 12.3. The van der Waals surface area contributed by atoms with Crippen LogP contribution in [0.15, 0.2) is 9.79 Å². The van der Waals surface area contributed by atoms with E-state index in [2.05, 4.69) is 32.5 Å². The molecule has 1 unspecified atom stereocenters. The number of likely N-dealkylation sites (tertiary alicyclic amines) is 1. The van der Waals surface area contributed by atoms with Crippen LogP contribution in [0.2, 0.25) is 0 Å². The van der Waals surface area contributed by atoms with Crippen LogP contribution < -0.4 is 16.3 Å². The van der Waals surface area contributed by atoms with E-state index in [1.165, 1.54) is 32.2 Å². The van der Waals surface area contributed by atoms with Crippen molar-refractivity contribution in [3.05, 3.63) is 16.3 Å². The molecule has 29 heavy (non-hydrogen) atoms. The molecule has 0 bridgehead atoms. The predicted molar refractivity (Wildman–Crippen MR) is 128 cm³/mol. The fourth-order valence-electron chi connectivity index (χ4n) is 4.39. The Labute approximate surface area is 191 Å². The SMILES string of the molecule is CCC1CCCCN1CCNC(=NC)NCCCn1nc2n(c1=O)CCCC2.I. The predicted octanol–water partition coefficient (Wildman–Crippen LogP) is 1.82. The number of aliphatic imine (C=N–C) groups is 1. The molecule has 2 aliphatic heterocycles. The number of rotatable bonds is 8. The van der Waals surface area contributed by atoms with Crippen LogP contribution in [0.25, 0.3) is 0 Å². The van der Waals surface area contributed by atoms with Gasteiger partial charge >= 0.3 is 5.69 Å². The van der Waals surface area contributed by atoms with Gasteiger partial charge in [0.25, 0.3) is 0 Å². The molecule has 3 rings (SSSR count). The van der Waals surface area contributed by atoms with E-state index in [1.807, 2.05) is 4.57 Å². The minimum atomic E-state index is 0. The summed E-state index contributed by atoms with van der Waals surface area (Å²) >= 11 is 0.